The van der Waals surface area contributed by atoms with E-state index in [4.69, 9.17) is 0 Å². The van der Waals surface area contributed by atoms with Gasteiger partial charge in [-0.2, -0.15) is 0 Å². The lowest BCUT2D eigenvalue weighted by atomic mass is 10.1. The van der Waals surface area contributed by atoms with Gasteiger partial charge in [-0.25, -0.2) is 18.7 Å². The van der Waals surface area contributed by atoms with Crippen molar-refractivity contribution in [1.29, 1.82) is 0 Å². The number of benzene rings is 1. The van der Waals surface area contributed by atoms with E-state index in [9.17, 15) is 8.78 Å². The standard InChI is InChI=1S/C15H17F2N3/c1-5-18-15-14(19-9(3)10(4)20-15)11-7-6-8(2)12(16)13(11)17/h6-7H,5H2,1-4H3,(H,18,20). The Labute approximate surface area is 117 Å². The maximum Gasteiger partial charge on any atom is 0.168 e. The third-order valence-corrected chi connectivity index (χ3v) is 3.18. The number of aryl methyl sites for hydroxylation is 3. The molecule has 0 fully saturated rings. The zero-order chi connectivity index (χ0) is 14.9. The molecule has 0 amide bonds. The zero-order valence-electron chi connectivity index (χ0n) is 12.0. The fraction of sp³-hybridized carbons (Fsp3) is 0.333. The molecule has 5 heteroatoms. The van der Waals surface area contributed by atoms with Gasteiger partial charge in [-0.1, -0.05) is 6.07 Å². The van der Waals surface area contributed by atoms with Crippen LogP contribution in [0.1, 0.15) is 23.9 Å². The molecule has 2 rings (SSSR count). The topological polar surface area (TPSA) is 37.8 Å². The Kier molecular flexibility index (Phi) is 3.97. The Morgan fingerprint density at radius 1 is 1.00 bits per heavy atom. The fourth-order valence-electron chi connectivity index (χ4n) is 1.91. The monoisotopic (exact) mass is 277 g/mol. The molecule has 106 valence electrons. The van der Waals surface area contributed by atoms with Crippen molar-refractivity contribution in [3.63, 3.8) is 0 Å². The molecule has 0 aliphatic carbocycles. The molecule has 0 aliphatic heterocycles. The highest BCUT2D eigenvalue weighted by molar-refractivity contribution is 5.72. The molecule has 0 spiro atoms. The summed E-state index contributed by atoms with van der Waals surface area (Å²) in [6.07, 6.45) is 0. The zero-order valence-corrected chi connectivity index (χ0v) is 12.0. The normalized spacial score (nSPS) is 10.7. The van der Waals surface area contributed by atoms with Gasteiger partial charge in [0.15, 0.2) is 17.5 Å². The smallest absolute Gasteiger partial charge is 0.168 e. The lowest BCUT2D eigenvalue weighted by Gasteiger charge is -2.13. The van der Waals surface area contributed by atoms with Crippen molar-refractivity contribution in [1.82, 2.24) is 9.97 Å². The van der Waals surface area contributed by atoms with E-state index in [0.29, 0.717) is 23.8 Å². The third kappa shape index (κ3) is 2.48. The maximum absolute atomic E-state index is 14.1. The van der Waals surface area contributed by atoms with Crippen molar-refractivity contribution in [3.8, 4) is 11.3 Å². The summed E-state index contributed by atoms with van der Waals surface area (Å²) in [4.78, 5) is 8.73. The summed E-state index contributed by atoms with van der Waals surface area (Å²) in [5.41, 5.74) is 2.19. The molecule has 1 heterocycles. The molecule has 0 unspecified atom stereocenters. The van der Waals surface area contributed by atoms with Crippen molar-refractivity contribution in [2.24, 2.45) is 0 Å². The van der Waals surface area contributed by atoms with Gasteiger partial charge in [0.25, 0.3) is 0 Å². The van der Waals surface area contributed by atoms with Crippen LogP contribution in [-0.4, -0.2) is 16.5 Å². The van der Waals surface area contributed by atoms with Crippen LogP contribution in [0.3, 0.4) is 0 Å². The molecule has 3 nitrogen and oxygen atoms in total. The largest absolute Gasteiger partial charge is 0.369 e. The van der Waals surface area contributed by atoms with Crippen molar-refractivity contribution in [2.75, 3.05) is 11.9 Å². The van der Waals surface area contributed by atoms with Crippen LogP contribution in [0, 0.1) is 32.4 Å². The number of nitrogens with one attached hydrogen (secondary N) is 1. The van der Waals surface area contributed by atoms with E-state index < -0.39 is 11.6 Å². The molecule has 0 radical (unpaired) electrons. The first-order chi connectivity index (χ1) is 9.45. The van der Waals surface area contributed by atoms with E-state index in [1.165, 1.54) is 13.0 Å². The molecule has 1 aromatic heterocycles. The first-order valence-electron chi connectivity index (χ1n) is 6.49. The summed E-state index contributed by atoms with van der Waals surface area (Å²) >= 11 is 0. The summed E-state index contributed by atoms with van der Waals surface area (Å²) < 4.78 is 27.9. The van der Waals surface area contributed by atoms with Crippen LogP contribution >= 0.6 is 0 Å². The van der Waals surface area contributed by atoms with Gasteiger partial charge in [0.1, 0.15) is 5.69 Å². The summed E-state index contributed by atoms with van der Waals surface area (Å²) in [7, 11) is 0. The molecule has 20 heavy (non-hydrogen) atoms. The van der Waals surface area contributed by atoms with Crippen LogP contribution < -0.4 is 5.32 Å². The highest BCUT2D eigenvalue weighted by atomic mass is 19.2. The number of hydrogen-bond acceptors (Lipinski definition) is 3. The quantitative estimate of drug-likeness (QED) is 0.927. The SMILES string of the molecule is CCNc1nc(C)c(C)nc1-c1ccc(C)c(F)c1F. The van der Waals surface area contributed by atoms with Crippen LogP contribution in [0.15, 0.2) is 12.1 Å². The van der Waals surface area contributed by atoms with E-state index in [2.05, 4.69) is 15.3 Å². The highest BCUT2D eigenvalue weighted by Gasteiger charge is 2.18. The molecule has 1 N–H and O–H groups in total. The lowest BCUT2D eigenvalue weighted by Crippen LogP contribution is -2.07. The second kappa shape index (κ2) is 5.53. The molecule has 0 atom stereocenters. The van der Waals surface area contributed by atoms with Gasteiger partial charge < -0.3 is 5.32 Å². The van der Waals surface area contributed by atoms with Crippen LogP contribution in [0.4, 0.5) is 14.6 Å². The molecule has 0 aliphatic rings. The van der Waals surface area contributed by atoms with Crippen molar-refractivity contribution in [2.45, 2.75) is 27.7 Å². The molecule has 2 aromatic rings. The first kappa shape index (κ1) is 14.4. The van der Waals surface area contributed by atoms with E-state index in [1.54, 1.807) is 13.0 Å². The molecular formula is C15H17F2N3. The van der Waals surface area contributed by atoms with Crippen molar-refractivity contribution >= 4 is 5.82 Å². The number of hydrogen-bond donors (Lipinski definition) is 1. The molecule has 1 aromatic carbocycles. The maximum atomic E-state index is 14.1. The Hall–Kier alpha value is -2.04. The van der Waals surface area contributed by atoms with Crippen LogP contribution in [0.25, 0.3) is 11.3 Å². The van der Waals surface area contributed by atoms with E-state index in [0.717, 1.165) is 5.69 Å². The van der Waals surface area contributed by atoms with Crippen molar-refractivity contribution < 1.29 is 8.78 Å². The number of aromatic nitrogens is 2. The average Bonchev–Trinajstić information content (AvgIpc) is 2.41. The van der Waals surface area contributed by atoms with Gasteiger partial charge in [0, 0.05) is 12.1 Å². The molecule has 0 saturated heterocycles. The molecule has 0 bridgehead atoms. The van der Waals surface area contributed by atoms with Gasteiger partial charge in [0.05, 0.1) is 11.4 Å². The number of nitrogens with zero attached hydrogens (tertiary/aromatic N) is 2. The summed E-state index contributed by atoms with van der Waals surface area (Å²) in [6.45, 7) is 7.69. The second-order valence-electron chi connectivity index (χ2n) is 4.68. The van der Waals surface area contributed by atoms with E-state index >= 15 is 0 Å². The Morgan fingerprint density at radius 3 is 2.30 bits per heavy atom. The van der Waals surface area contributed by atoms with Gasteiger partial charge in [0.2, 0.25) is 0 Å². The fourth-order valence-corrected chi connectivity index (χ4v) is 1.91. The lowest BCUT2D eigenvalue weighted by molar-refractivity contribution is 0.505. The van der Waals surface area contributed by atoms with Crippen LogP contribution in [0.5, 0.6) is 0 Å². The number of rotatable bonds is 3. The minimum Gasteiger partial charge on any atom is -0.369 e. The summed E-state index contributed by atoms with van der Waals surface area (Å²) in [5.74, 6) is -1.26. The van der Waals surface area contributed by atoms with Gasteiger partial charge >= 0.3 is 0 Å². The van der Waals surface area contributed by atoms with Gasteiger partial charge in [-0.15, -0.1) is 0 Å². The number of anilines is 1. The van der Waals surface area contributed by atoms with Crippen LogP contribution in [-0.2, 0) is 0 Å². The van der Waals surface area contributed by atoms with Crippen molar-refractivity contribution in [3.05, 3.63) is 40.7 Å². The summed E-state index contributed by atoms with van der Waals surface area (Å²) in [6, 6.07) is 3.08. The molecule has 0 saturated carbocycles. The molecular weight excluding hydrogens is 260 g/mol. The number of halogens is 2. The average molecular weight is 277 g/mol. The Balaban J connectivity index is 2.68. The van der Waals surface area contributed by atoms with E-state index in [1.807, 2.05) is 13.8 Å². The van der Waals surface area contributed by atoms with E-state index in [-0.39, 0.29) is 11.1 Å². The first-order valence-corrected chi connectivity index (χ1v) is 6.49. The Morgan fingerprint density at radius 2 is 1.65 bits per heavy atom. The Bertz CT molecular complexity index is 654. The predicted octanol–water partition coefficient (Wildman–Crippen LogP) is 3.78. The third-order valence-electron chi connectivity index (χ3n) is 3.18. The second-order valence-corrected chi connectivity index (χ2v) is 4.68. The predicted molar refractivity (Wildman–Crippen MR) is 75.8 cm³/mol. The van der Waals surface area contributed by atoms with Gasteiger partial charge in [-0.3, -0.25) is 0 Å². The highest BCUT2D eigenvalue weighted by Crippen LogP contribution is 2.30. The van der Waals surface area contributed by atoms with Crippen LogP contribution in [0.2, 0.25) is 0 Å². The minimum absolute atomic E-state index is 0.125. The summed E-state index contributed by atoms with van der Waals surface area (Å²) in [5, 5.41) is 3.04. The van der Waals surface area contributed by atoms with Gasteiger partial charge in [-0.05, 0) is 39.3 Å². The minimum atomic E-state index is -0.887.